The summed E-state index contributed by atoms with van der Waals surface area (Å²) >= 11 is 0. The number of benzene rings is 1. The van der Waals surface area contributed by atoms with E-state index in [2.05, 4.69) is 65.5 Å². The lowest BCUT2D eigenvalue weighted by molar-refractivity contribution is 0.460. The first-order valence-corrected chi connectivity index (χ1v) is 9.71. The predicted octanol–water partition coefficient (Wildman–Crippen LogP) is 5.16. The van der Waals surface area contributed by atoms with E-state index in [1.54, 1.807) is 0 Å². The van der Waals surface area contributed by atoms with Gasteiger partial charge < -0.3 is 9.88 Å². The van der Waals surface area contributed by atoms with Crippen LogP contribution in [0.3, 0.4) is 0 Å². The molecule has 2 aromatic rings. The molecule has 3 rings (SSSR count). The van der Waals surface area contributed by atoms with E-state index in [4.69, 9.17) is 5.26 Å². The standard InChI is InChI=1S/C23H29N3/c1-18(15-24)7-3-4-8-19(2)16-26-17-22(20-11-13-25-14-12-20)21-9-5-6-10-23(21)26/h4-10,17,19-20,25H,3,11-14,16H2,1-2H3/b8-4-,18-7+. The number of nitrogens with zero attached hydrogens (tertiary/aromatic N) is 2. The van der Waals surface area contributed by atoms with Crippen LogP contribution in [-0.4, -0.2) is 17.7 Å². The lowest BCUT2D eigenvalue weighted by Gasteiger charge is -2.22. The first-order chi connectivity index (χ1) is 12.7. The second-order valence-corrected chi connectivity index (χ2v) is 7.42. The Labute approximate surface area is 157 Å². The molecule has 1 saturated heterocycles. The number of nitrogens with one attached hydrogen (secondary N) is 1. The maximum Gasteiger partial charge on any atom is 0.0940 e. The van der Waals surface area contributed by atoms with Crippen LogP contribution in [0.1, 0.15) is 44.6 Å². The third-order valence-electron chi connectivity index (χ3n) is 5.28. The van der Waals surface area contributed by atoms with E-state index in [-0.39, 0.29) is 0 Å². The number of piperidine rings is 1. The molecule has 0 aliphatic carbocycles. The highest BCUT2D eigenvalue weighted by Gasteiger charge is 2.20. The van der Waals surface area contributed by atoms with Crippen LogP contribution in [0.15, 0.2) is 54.3 Å². The zero-order valence-electron chi connectivity index (χ0n) is 15.9. The number of aromatic nitrogens is 1. The monoisotopic (exact) mass is 347 g/mol. The number of hydrogen-bond donors (Lipinski definition) is 1. The summed E-state index contributed by atoms with van der Waals surface area (Å²) in [5.74, 6) is 1.13. The van der Waals surface area contributed by atoms with Crippen molar-refractivity contribution in [2.75, 3.05) is 13.1 Å². The zero-order chi connectivity index (χ0) is 18.4. The van der Waals surface area contributed by atoms with Gasteiger partial charge in [0.15, 0.2) is 0 Å². The van der Waals surface area contributed by atoms with E-state index in [1.165, 1.54) is 29.3 Å². The molecule has 1 fully saturated rings. The van der Waals surface area contributed by atoms with Gasteiger partial charge in [0.1, 0.15) is 0 Å². The van der Waals surface area contributed by atoms with Crippen LogP contribution in [0.25, 0.3) is 10.9 Å². The van der Waals surface area contributed by atoms with Gasteiger partial charge in [-0.15, -0.1) is 0 Å². The zero-order valence-corrected chi connectivity index (χ0v) is 15.9. The van der Waals surface area contributed by atoms with Gasteiger partial charge in [0.25, 0.3) is 0 Å². The summed E-state index contributed by atoms with van der Waals surface area (Å²) in [6.45, 7) is 7.35. The van der Waals surface area contributed by atoms with Crippen LogP contribution in [0, 0.1) is 17.2 Å². The predicted molar refractivity (Wildman–Crippen MR) is 109 cm³/mol. The van der Waals surface area contributed by atoms with Crippen molar-refractivity contribution in [2.24, 2.45) is 5.92 Å². The van der Waals surface area contributed by atoms with E-state index in [0.717, 1.165) is 31.6 Å². The average Bonchev–Trinajstić information content (AvgIpc) is 3.04. The van der Waals surface area contributed by atoms with Gasteiger partial charge >= 0.3 is 0 Å². The van der Waals surface area contributed by atoms with Crippen molar-refractivity contribution in [3.63, 3.8) is 0 Å². The maximum absolute atomic E-state index is 8.80. The van der Waals surface area contributed by atoms with Crippen LogP contribution in [0.4, 0.5) is 0 Å². The summed E-state index contributed by atoms with van der Waals surface area (Å²) in [6, 6.07) is 11.0. The Bertz CT molecular complexity index is 829. The Morgan fingerprint density at radius 1 is 1.35 bits per heavy atom. The van der Waals surface area contributed by atoms with Crippen LogP contribution in [0.5, 0.6) is 0 Å². The van der Waals surface area contributed by atoms with E-state index < -0.39 is 0 Å². The highest BCUT2D eigenvalue weighted by atomic mass is 15.0. The Kier molecular flexibility index (Phi) is 6.30. The van der Waals surface area contributed by atoms with Crippen molar-refractivity contribution in [3.8, 4) is 6.07 Å². The lowest BCUT2D eigenvalue weighted by atomic mass is 9.90. The van der Waals surface area contributed by atoms with E-state index in [1.807, 2.05) is 13.0 Å². The van der Waals surface area contributed by atoms with E-state index >= 15 is 0 Å². The van der Waals surface area contributed by atoms with Crippen LogP contribution in [0.2, 0.25) is 0 Å². The maximum atomic E-state index is 8.80. The number of para-hydroxylation sites is 1. The SMILES string of the molecule is C/C(C#N)=C\C/C=C\C(C)Cn1cc(C2CCNCC2)c2ccccc21. The highest BCUT2D eigenvalue weighted by Crippen LogP contribution is 2.33. The van der Waals surface area contributed by atoms with Gasteiger partial charge in [-0.3, -0.25) is 0 Å². The van der Waals surface area contributed by atoms with E-state index in [0.29, 0.717) is 11.8 Å². The van der Waals surface area contributed by atoms with Crippen molar-refractivity contribution in [1.29, 1.82) is 5.26 Å². The molecule has 0 saturated carbocycles. The first-order valence-electron chi connectivity index (χ1n) is 9.71. The van der Waals surface area contributed by atoms with Crippen LogP contribution < -0.4 is 5.32 Å². The molecule has 0 amide bonds. The molecule has 3 nitrogen and oxygen atoms in total. The van der Waals surface area contributed by atoms with Crippen LogP contribution in [-0.2, 0) is 6.54 Å². The molecule has 2 heterocycles. The lowest BCUT2D eigenvalue weighted by Crippen LogP contribution is -2.26. The number of allylic oxidation sites excluding steroid dienone is 4. The van der Waals surface area contributed by atoms with Crippen molar-refractivity contribution >= 4 is 10.9 Å². The Balaban J connectivity index is 1.75. The summed E-state index contributed by atoms with van der Waals surface area (Å²) in [7, 11) is 0. The van der Waals surface area contributed by atoms with Gasteiger partial charge in [-0.1, -0.05) is 43.4 Å². The quantitative estimate of drug-likeness (QED) is 0.579. The normalized spacial score (nSPS) is 17.7. The van der Waals surface area contributed by atoms with Gasteiger partial charge in [0.05, 0.1) is 6.07 Å². The van der Waals surface area contributed by atoms with Crippen molar-refractivity contribution in [1.82, 2.24) is 9.88 Å². The molecule has 136 valence electrons. The van der Waals surface area contributed by atoms with Crippen molar-refractivity contribution in [2.45, 2.75) is 45.6 Å². The minimum atomic E-state index is 0.461. The third kappa shape index (κ3) is 4.45. The molecule has 0 bridgehead atoms. The Hall–Kier alpha value is -2.31. The fourth-order valence-electron chi connectivity index (χ4n) is 3.86. The van der Waals surface area contributed by atoms with Gasteiger partial charge in [0, 0.05) is 29.2 Å². The highest BCUT2D eigenvalue weighted by molar-refractivity contribution is 5.84. The second kappa shape index (κ2) is 8.87. The molecule has 1 aliphatic heterocycles. The fourth-order valence-corrected chi connectivity index (χ4v) is 3.86. The molecule has 3 heteroatoms. The van der Waals surface area contributed by atoms with Gasteiger partial charge in [0.2, 0.25) is 0 Å². The summed E-state index contributed by atoms with van der Waals surface area (Å²) in [6.07, 6.45) is 12.1. The molecule has 0 radical (unpaired) electrons. The molecular formula is C23H29N3. The topological polar surface area (TPSA) is 40.8 Å². The molecule has 1 unspecified atom stereocenters. The smallest absolute Gasteiger partial charge is 0.0940 e. The van der Waals surface area contributed by atoms with Crippen LogP contribution >= 0.6 is 0 Å². The third-order valence-corrected chi connectivity index (χ3v) is 5.28. The van der Waals surface area contributed by atoms with Gasteiger partial charge in [-0.2, -0.15) is 5.26 Å². The minimum Gasteiger partial charge on any atom is -0.347 e. The molecule has 0 spiro atoms. The summed E-state index contributed by atoms with van der Waals surface area (Å²) in [4.78, 5) is 0. The molecular weight excluding hydrogens is 318 g/mol. The summed E-state index contributed by atoms with van der Waals surface area (Å²) < 4.78 is 2.43. The number of rotatable bonds is 6. The largest absolute Gasteiger partial charge is 0.347 e. The Morgan fingerprint density at radius 2 is 2.12 bits per heavy atom. The van der Waals surface area contributed by atoms with Gasteiger partial charge in [-0.05, 0) is 62.7 Å². The molecule has 1 aromatic carbocycles. The molecule has 1 N–H and O–H groups in total. The average molecular weight is 348 g/mol. The van der Waals surface area contributed by atoms with E-state index in [9.17, 15) is 0 Å². The van der Waals surface area contributed by atoms with Crippen molar-refractivity contribution in [3.05, 3.63) is 59.8 Å². The summed E-state index contributed by atoms with van der Waals surface area (Å²) in [5, 5.41) is 13.7. The number of fused-ring (bicyclic) bond motifs is 1. The molecule has 1 aliphatic rings. The number of nitriles is 1. The molecule has 26 heavy (non-hydrogen) atoms. The Morgan fingerprint density at radius 3 is 2.88 bits per heavy atom. The molecule has 1 atom stereocenters. The second-order valence-electron chi connectivity index (χ2n) is 7.42. The van der Waals surface area contributed by atoms with Crippen molar-refractivity contribution < 1.29 is 0 Å². The fraction of sp³-hybridized carbons (Fsp3) is 0.435. The van der Waals surface area contributed by atoms with Gasteiger partial charge in [-0.25, -0.2) is 0 Å². The molecule has 1 aromatic heterocycles. The minimum absolute atomic E-state index is 0.461. The summed E-state index contributed by atoms with van der Waals surface area (Å²) in [5.41, 5.74) is 3.65. The first kappa shape index (κ1) is 18.5. The number of hydrogen-bond acceptors (Lipinski definition) is 2.